The number of hydrogen-bond acceptors (Lipinski definition) is 5. The van der Waals surface area contributed by atoms with Crippen LogP contribution in [0.3, 0.4) is 0 Å². The van der Waals surface area contributed by atoms with Crippen LogP contribution in [-0.2, 0) is 4.79 Å². The standard InChI is InChI=1S/C14H18N2O4/c1-14(9-17,10-18)8-16(2)13(19)11(7-15)6-12-4-3-5-20-12/h3-6,17-18H,8-10H2,1-2H3/b11-6+. The monoisotopic (exact) mass is 278 g/mol. The number of carbonyl (C=O) groups excluding carboxylic acids is 1. The van der Waals surface area contributed by atoms with Crippen molar-refractivity contribution in [1.82, 2.24) is 4.90 Å². The highest BCUT2D eigenvalue weighted by molar-refractivity contribution is 6.01. The molecule has 1 rings (SSSR count). The molecule has 1 aromatic rings. The van der Waals surface area contributed by atoms with Crippen molar-refractivity contribution in [2.24, 2.45) is 5.41 Å². The van der Waals surface area contributed by atoms with Crippen LogP contribution < -0.4 is 0 Å². The summed E-state index contributed by atoms with van der Waals surface area (Å²) in [4.78, 5) is 13.4. The Bertz CT molecular complexity index is 510. The zero-order chi connectivity index (χ0) is 15.2. The smallest absolute Gasteiger partial charge is 0.264 e. The Morgan fingerprint density at radius 1 is 1.55 bits per heavy atom. The van der Waals surface area contributed by atoms with Crippen LogP contribution in [0.25, 0.3) is 6.08 Å². The van der Waals surface area contributed by atoms with Gasteiger partial charge in [0.05, 0.1) is 19.5 Å². The van der Waals surface area contributed by atoms with Crippen molar-refractivity contribution >= 4 is 12.0 Å². The summed E-state index contributed by atoms with van der Waals surface area (Å²) in [5.74, 6) is -0.0765. The fourth-order valence-corrected chi connectivity index (χ4v) is 1.66. The van der Waals surface area contributed by atoms with Crippen molar-refractivity contribution in [3.05, 3.63) is 29.7 Å². The first kappa shape index (κ1) is 16.0. The first-order chi connectivity index (χ1) is 9.45. The number of nitriles is 1. The highest BCUT2D eigenvalue weighted by Crippen LogP contribution is 2.17. The molecule has 0 aliphatic carbocycles. The number of aliphatic hydroxyl groups is 2. The molecule has 0 saturated heterocycles. The second-order valence-corrected chi connectivity index (χ2v) is 4.97. The summed E-state index contributed by atoms with van der Waals surface area (Å²) in [5, 5.41) is 27.5. The molecule has 0 aromatic carbocycles. The van der Waals surface area contributed by atoms with Gasteiger partial charge < -0.3 is 19.5 Å². The van der Waals surface area contributed by atoms with E-state index in [0.29, 0.717) is 5.76 Å². The number of amides is 1. The molecule has 1 heterocycles. The fourth-order valence-electron chi connectivity index (χ4n) is 1.66. The molecular formula is C14H18N2O4. The third-order valence-electron chi connectivity index (χ3n) is 2.91. The summed E-state index contributed by atoms with van der Waals surface area (Å²) in [7, 11) is 1.51. The van der Waals surface area contributed by atoms with Crippen LogP contribution in [0.4, 0.5) is 0 Å². The molecule has 0 fully saturated rings. The summed E-state index contributed by atoms with van der Waals surface area (Å²) >= 11 is 0. The first-order valence-electron chi connectivity index (χ1n) is 6.08. The van der Waals surface area contributed by atoms with Gasteiger partial charge in [0.15, 0.2) is 0 Å². The largest absolute Gasteiger partial charge is 0.465 e. The zero-order valence-electron chi connectivity index (χ0n) is 11.5. The second kappa shape index (κ2) is 6.89. The number of furan rings is 1. The maximum Gasteiger partial charge on any atom is 0.264 e. The molecule has 6 nitrogen and oxygen atoms in total. The molecule has 0 saturated carbocycles. The van der Waals surface area contributed by atoms with E-state index in [1.54, 1.807) is 19.1 Å². The third-order valence-corrected chi connectivity index (χ3v) is 2.91. The summed E-state index contributed by atoms with van der Waals surface area (Å²) in [6.45, 7) is 1.27. The van der Waals surface area contributed by atoms with Crippen LogP contribution in [0.15, 0.2) is 28.4 Å². The number of likely N-dealkylation sites (N-methyl/N-ethyl adjacent to an activating group) is 1. The second-order valence-electron chi connectivity index (χ2n) is 4.97. The van der Waals surface area contributed by atoms with Crippen LogP contribution in [-0.4, -0.2) is 47.8 Å². The van der Waals surface area contributed by atoms with Crippen molar-refractivity contribution in [3.8, 4) is 6.07 Å². The van der Waals surface area contributed by atoms with Crippen molar-refractivity contribution in [2.75, 3.05) is 26.8 Å². The van der Waals surface area contributed by atoms with Gasteiger partial charge in [-0.25, -0.2) is 0 Å². The van der Waals surface area contributed by atoms with Gasteiger partial charge in [-0.05, 0) is 12.1 Å². The van der Waals surface area contributed by atoms with Gasteiger partial charge in [-0.1, -0.05) is 6.92 Å². The van der Waals surface area contributed by atoms with Crippen LogP contribution in [0, 0.1) is 16.7 Å². The van der Waals surface area contributed by atoms with E-state index in [1.807, 2.05) is 6.07 Å². The minimum atomic E-state index is -0.810. The molecular weight excluding hydrogens is 260 g/mol. The Hall–Kier alpha value is -2.10. The molecule has 0 bridgehead atoms. The van der Waals surface area contributed by atoms with E-state index in [1.165, 1.54) is 24.3 Å². The Kier molecular flexibility index (Phi) is 5.50. The molecule has 6 heteroatoms. The molecule has 1 aromatic heterocycles. The van der Waals surface area contributed by atoms with E-state index in [-0.39, 0.29) is 25.3 Å². The van der Waals surface area contributed by atoms with Crippen LogP contribution >= 0.6 is 0 Å². The lowest BCUT2D eigenvalue weighted by Crippen LogP contribution is -2.42. The van der Waals surface area contributed by atoms with Gasteiger partial charge in [0, 0.05) is 25.1 Å². The van der Waals surface area contributed by atoms with E-state index >= 15 is 0 Å². The van der Waals surface area contributed by atoms with Gasteiger partial charge in [-0.15, -0.1) is 0 Å². The fraction of sp³-hybridized carbons (Fsp3) is 0.429. The Labute approximate surface area is 117 Å². The Morgan fingerprint density at radius 2 is 2.20 bits per heavy atom. The average Bonchev–Trinajstić information content (AvgIpc) is 2.96. The lowest BCUT2D eigenvalue weighted by molar-refractivity contribution is -0.127. The van der Waals surface area contributed by atoms with Crippen LogP contribution in [0.2, 0.25) is 0 Å². The summed E-state index contributed by atoms with van der Waals surface area (Å²) in [6, 6.07) is 5.12. The van der Waals surface area contributed by atoms with E-state index in [2.05, 4.69) is 0 Å². The number of aliphatic hydroxyl groups excluding tert-OH is 2. The molecule has 0 unspecified atom stereocenters. The van der Waals surface area contributed by atoms with Gasteiger partial charge in [0.25, 0.3) is 5.91 Å². The molecule has 0 aliphatic heterocycles. The van der Waals surface area contributed by atoms with Gasteiger partial charge in [0.2, 0.25) is 0 Å². The lowest BCUT2D eigenvalue weighted by Gasteiger charge is -2.30. The zero-order valence-corrected chi connectivity index (χ0v) is 11.5. The normalized spacial score (nSPS) is 12.1. The molecule has 0 spiro atoms. The molecule has 108 valence electrons. The molecule has 0 aliphatic rings. The number of nitrogens with zero attached hydrogens (tertiary/aromatic N) is 2. The summed E-state index contributed by atoms with van der Waals surface area (Å²) in [5.41, 5.74) is -0.879. The topological polar surface area (TPSA) is 97.7 Å². The van der Waals surface area contributed by atoms with E-state index in [4.69, 9.17) is 9.68 Å². The van der Waals surface area contributed by atoms with E-state index in [9.17, 15) is 15.0 Å². The van der Waals surface area contributed by atoms with Gasteiger partial charge in [0.1, 0.15) is 17.4 Å². The lowest BCUT2D eigenvalue weighted by atomic mass is 9.92. The van der Waals surface area contributed by atoms with Gasteiger partial charge in [-0.3, -0.25) is 4.79 Å². The number of hydrogen-bond donors (Lipinski definition) is 2. The minimum absolute atomic E-state index is 0.0688. The van der Waals surface area contributed by atoms with Crippen LogP contribution in [0.1, 0.15) is 12.7 Å². The predicted molar refractivity (Wildman–Crippen MR) is 72.2 cm³/mol. The minimum Gasteiger partial charge on any atom is -0.465 e. The highest BCUT2D eigenvalue weighted by Gasteiger charge is 2.27. The maximum atomic E-state index is 12.1. The molecule has 1 amide bonds. The molecule has 0 radical (unpaired) electrons. The first-order valence-corrected chi connectivity index (χ1v) is 6.08. The SMILES string of the molecule is CN(CC(C)(CO)CO)C(=O)/C(C#N)=C/c1ccco1. The summed E-state index contributed by atoms with van der Waals surface area (Å²) in [6.07, 6.45) is 2.80. The Morgan fingerprint density at radius 3 is 2.65 bits per heavy atom. The third kappa shape index (κ3) is 3.95. The maximum absolute atomic E-state index is 12.1. The van der Waals surface area contributed by atoms with Gasteiger partial charge >= 0.3 is 0 Å². The van der Waals surface area contributed by atoms with Crippen molar-refractivity contribution in [3.63, 3.8) is 0 Å². The van der Waals surface area contributed by atoms with E-state index < -0.39 is 11.3 Å². The molecule has 2 N–H and O–H groups in total. The molecule has 20 heavy (non-hydrogen) atoms. The summed E-state index contributed by atoms with van der Waals surface area (Å²) < 4.78 is 5.06. The van der Waals surface area contributed by atoms with Crippen molar-refractivity contribution in [2.45, 2.75) is 6.92 Å². The van der Waals surface area contributed by atoms with Crippen molar-refractivity contribution < 1.29 is 19.4 Å². The molecule has 0 atom stereocenters. The quantitative estimate of drug-likeness (QED) is 0.587. The average molecular weight is 278 g/mol. The number of carbonyl (C=O) groups is 1. The van der Waals surface area contributed by atoms with Crippen LogP contribution in [0.5, 0.6) is 0 Å². The number of rotatable bonds is 6. The van der Waals surface area contributed by atoms with E-state index in [0.717, 1.165) is 0 Å². The van der Waals surface area contributed by atoms with Gasteiger partial charge in [-0.2, -0.15) is 5.26 Å². The predicted octanol–water partition coefficient (Wildman–Crippen LogP) is 0.636. The van der Waals surface area contributed by atoms with Crippen molar-refractivity contribution in [1.29, 1.82) is 5.26 Å². The highest BCUT2D eigenvalue weighted by atomic mass is 16.3. The Balaban J connectivity index is 2.85.